The number of hydrogen-bond donors (Lipinski definition) is 2. The lowest BCUT2D eigenvalue weighted by atomic mass is 10.3. The lowest BCUT2D eigenvalue weighted by molar-refractivity contribution is -0.139. The number of anilines is 2. The van der Waals surface area contributed by atoms with E-state index in [0.29, 0.717) is 12.1 Å². The van der Waals surface area contributed by atoms with Crippen molar-refractivity contribution in [2.24, 2.45) is 11.8 Å². The predicted octanol–water partition coefficient (Wildman–Crippen LogP) is 0.807. The second-order valence-electron chi connectivity index (χ2n) is 4.58. The lowest BCUT2D eigenvalue weighted by Gasteiger charge is -2.11. The minimum absolute atomic E-state index is 0.248. The number of carboxylic acids is 1. The van der Waals surface area contributed by atoms with Gasteiger partial charge in [0, 0.05) is 14.1 Å². The monoisotopic (exact) mass is 249 g/mol. The molecule has 6 heteroatoms. The van der Waals surface area contributed by atoms with Gasteiger partial charge in [-0.15, -0.1) is 0 Å². The van der Waals surface area contributed by atoms with Crippen LogP contribution in [-0.2, 0) is 9.59 Å². The molecule has 1 aliphatic rings. The maximum atomic E-state index is 11.7. The predicted molar refractivity (Wildman–Crippen MR) is 66.4 cm³/mol. The number of nitrogens with one attached hydrogen (secondary N) is 1. The number of carbonyl (C=O) groups excluding carboxylic acids is 1. The van der Waals surface area contributed by atoms with Gasteiger partial charge in [0.25, 0.3) is 0 Å². The third-order valence-corrected chi connectivity index (χ3v) is 2.92. The van der Waals surface area contributed by atoms with E-state index in [9.17, 15) is 9.59 Å². The van der Waals surface area contributed by atoms with Crippen molar-refractivity contribution in [3.05, 3.63) is 18.3 Å². The van der Waals surface area contributed by atoms with E-state index in [1.807, 2.05) is 19.0 Å². The highest BCUT2D eigenvalue weighted by Gasteiger charge is 2.48. The lowest BCUT2D eigenvalue weighted by Crippen LogP contribution is -2.17. The van der Waals surface area contributed by atoms with Crippen LogP contribution in [0.15, 0.2) is 18.3 Å². The molecule has 6 nitrogen and oxygen atoms in total. The number of hydrogen-bond acceptors (Lipinski definition) is 4. The minimum atomic E-state index is -0.906. The average molecular weight is 249 g/mol. The van der Waals surface area contributed by atoms with Crippen molar-refractivity contribution in [3.63, 3.8) is 0 Å². The molecule has 1 aromatic rings. The number of pyridine rings is 1. The minimum Gasteiger partial charge on any atom is -0.481 e. The molecule has 0 aliphatic heterocycles. The average Bonchev–Trinajstić information content (AvgIpc) is 3.09. The summed E-state index contributed by atoms with van der Waals surface area (Å²) in [5.41, 5.74) is 0.585. The highest BCUT2D eigenvalue weighted by Crippen LogP contribution is 2.39. The highest BCUT2D eigenvalue weighted by atomic mass is 16.4. The van der Waals surface area contributed by atoms with Crippen molar-refractivity contribution in [2.75, 3.05) is 24.3 Å². The van der Waals surface area contributed by atoms with Gasteiger partial charge in [0.1, 0.15) is 5.82 Å². The van der Waals surface area contributed by atoms with Crippen molar-refractivity contribution in [2.45, 2.75) is 6.42 Å². The van der Waals surface area contributed by atoms with Crippen molar-refractivity contribution in [1.82, 2.24) is 4.98 Å². The van der Waals surface area contributed by atoms with Crippen molar-refractivity contribution < 1.29 is 14.7 Å². The van der Waals surface area contributed by atoms with Crippen LogP contribution in [0, 0.1) is 11.8 Å². The molecule has 2 atom stereocenters. The van der Waals surface area contributed by atoms with Gasteiger partial charge in [-0.1, -0.05) is 0 Å². The number of nitrogens with zero attached hydrogens (tertiary/aromatic N) is 2. The molecule has 0 spiro atoms. The van der Waals surface area contributed by atoms with Gasteiger partial charge in [-0.3, -0.25) is 9.59 Å². The molecular formula is C12H15N3O3. The first-order chi connectivity index (χ1) is 8.49. The van der Waals surface area contributed by atoms with E-state index in [1.165, 1.54) is 0 Å². The van der Waals surface area contributed by atoms with Gasteiger partial charge in [0.05, 0.1) is 23.7 Å². The maximum absolute atomic E-state index is 11.7. The van der Waals surface area contributed by atoms with Gasteiger partial charge >= 0.3 is 5.97 Å². The van der Waals surface area contributed by atoms with E-state index in [1.54, 1.807) is 18.3 Å². The first-order valence-electron chi connectivity index (χ1n) is 5.66. The van der Waals surface area contributed by atoms with Crippen LogP contribution in [0.25, 0.3) is 0 Å². The molecule has 96 valence electrons. The molecule has 1 amide bonds. The van der Waals surface area contributed by atoms with E-state index in [-0.39, 0.29) is 5.91 Å². The number of carbonyl (C=O) groups is 2. The van der Waals surface area contributed by atoms with Crippen LogP contribution in [0.1, 0.15) is 6.42 Å². The summed E-state index contributed by atoms with van der Waals surface area (Å²) in [6.45, 7) is 0. The fraction of sp³-hybridized carbons (Fsp3) is 0.417. The molecule has 2 N–H and O–H groups in total. The molecule has 1 fully saturated rings. The summed E-state index contributed by atoms with van der Waals surface area (Å²) < 4.78 is 0. The van der Waals surface area contributed by atoms with E-state index >= 15 is 0 Å². The molecule has 0 bridgehead atoms. The zero-order chi connectivity index (χ0) is 13.3. The number of aliphatic carboxylic acids is 1. The second kappa shape index (κ2) is 4.64. The third-order valence-electron chi connectivity index (χ3n) is 2.92. The van der Waals surface area contributed by atoms with Crippen molar-refractivity contribution in [1.29, 1.82) is 0 Å². The molecule has 1 aromatic heterocycles. The van der Waals surface area contributed by atoms with Crippen LogP contribution in [0.2, 0.25) is 0 Å². The highest BCUT2D eigenvalue weighted by molar-refractivity contribution is 5.98. The van der Waals surface area contributed by atoms with Gasteiger partial charge < -0.3 is 15.3 Å². The second-order valence-corrected chi connectivity index (χ2v) is 4.58. The largest absolute Gasteiger partial charge is 0.481 e. The van der Waals surface area contributed by atoms with Crippen LogP contribution in [0.4, 0.5) is 11.5 Å². The molecule has 2 unspecified atom stereocenters. The molecule has 0 radical (unpaired) electrons. The fourth-order valence-electron chi connectivity index (χ4n) is 1.72. The number of aromatic nitrogens is 1. The van der Waals surface area contributed by atoms with Crippen LogP contribution in [0.5, 0.6) is 0 Å². The molecule has 1 saturated carbocycles. The summed E-state index contributed by atoms with van der Waals surface area (Å²) in [6, 6.07) is 3.54. The van der Waals surface area contributed by atoms with Crippen LogP contribution in [-0.4, -0.2) is 36.1 Å². The maximum Gasteiger partial charge on any atom is 0.307 e. The standard InChI is InChI=1S/C12H15N3O3/c1-15(2)10-4-3-7(6-13-10)14-11(16)8-5-9(8)12(17)18/h3-4,6,8-9H,5H2,1-2H3,(H,14,16)(H,17,18). The normalized spacial score (nSPS) is 21.2. The third kappa shape index (κ3) is 2.58. The van der Waals surface area contributed by atoms with E-state index in [0.717, 1.165) is 5.82 Å². The molecule has 18 heavy (non-hydrogen) atoms. The molecular weight excluding hydrogens is 234 g/mol. The van der Waals surface area contributed by atoms with Gasteiger partial charge in [0.15, 0.2) is 0 Å². The quantitative estimate of drug-likeness (QED) is 0.825. The Morgan fingerprint density at radius 3 is 2.56 bits per heavy atom. The van der Waals surface area contributed by atoms with E-state index < -0.39 is 17.8 Å². The summed E-state index contributed by atoms with van der Waals surface area (Å²) >= 11 is 0. The Morgan fingerprint density at radius 2 is 2.11 bits per heavy atom. The summed E-state index contributed by atoms with van der Waals surface area (Å²) in [7, 11) is 3.75. The van der Waals surface area contributed by atoms with Crippen molar-refractivity contribution in [3.8, 4) is 0 Å². The van der Waals surface area contributed by atoms with Gasteiger partial charge in [-0.25, -0.2) is 4.98 Å². The number of rotatable bonds is 4. The molecule has 1 heterocycles. The number of carboxylic acid groups (broad SMARTS) is 1. The molecule has 0 saturated heterocycles. The van der Waals surface area contributed by atoms with E-state index in [4.69, 9.17) is 5.11 Å². The molecule has 2 rings (SSSR count). The smallest absolute Gasteiger partial charge is 0.307 e. The Bertz CT molecular complexity index is 470. The SMILES string of the molecule is CN(C)c1ccc(NC(=O)C2CC2C(=O)O)cn1. The summed E-state index contributed by atoms with van der Waals surface area (Å²) in [5.74, 6) is -1.30. The van der Waals surface area contributed by atoms with E-state index in [2.05, 4.69) is 10.3 Å². The fourth-order valence-corrected chi connectivity index (χ4v) is 1.72. The van der Waals surface area contributed by atoms with Crippen LogP contribution >= 0.6 is 0 Å². The Balaban J connectivity index is 1.94. The van der Waals surface area contributed by atoms with Gasteiger partial charge in [-0.05, 0) is 18.6 Å². The topological polar surface area (TPSA) is 82.5 Å². The van der Waals surface area contributed by atoms with Gasteiger partial charge in [-0.2, -0.15) is 0 Å². The van der Waals surface area contributed by atoms with Crippen LogP contribution in [0.3, 0.4) is 0 Å². The zero-order valence-corrected chi connectivity index (χ0v) is 10.3. The summed E-state index contributed by atoms with van der Waals surface area (Å²) in [5, 5.41) is 11.4. The number of amides is 1. The molecule has 1 aliphatic carbocycles. The van der Waals surface area contributed by atoms with Gasteiger partial charge in [0.2, 0.25) is 5.91 Å². The Hall–Kier alpha value is -2.11. The zero-order valence-electron chi connectivity index (χ0n) is 10.3. The summed E-state index contributed by atoms with van der Waals surface area (Å²) in [6.07, 6.45) is 1.98. The van der Waals surface area contributed by atoms with Crippen molar-refractivity contribution >= 4 is 23.4 Å². The first kappa shape index (κ1) is 12.3. The van der Waals surface area contributed by atoms with Crippen LogP contribution < -0.4 is 10.2 Å². The molecule has 0 aromatic carbocycles. The summed E-state index contributed by atoms with van der Waals surface area (Å²) in [4.78, 5) is 28.4. The first-order valence-corrected chi connectivity index (χ1v) is 5.66. The Kier molecular flexibility index (Phi) is 3.18. The Morgan fingerprint density at radius 1 is 1.39 bits per heavy atom. The Labute approximate surface area is 105 Å².